The van der Waals surface area contributed by atoms with Gasteiger partial charge in [-0.3, -0.25) is 4.79 Å². The van der Waals surface area contributed by atoms with E-state index in [-0.39, 0.29) is 5.91 Å². The summed E-state index contributed by atoms with van der Waals surface area (Å²) in [4.78, 5) is 18.9. The SMILES string of the molecule is CCc1nccn1CCC(=O)Nc1ccnn1C1CCN(C)CC1. The summed E-state index contributed by atoms with van der Waals surface area (Å²) >= 11 is 0. The number of anilines is 1. The summed E-state index contributed by atoms with van der Waals surface area (Å²) in [5.41, 5.74) is 0. The first-order chi connectivity index (χ1) is 11.7. The Kier molecular flexibility index (Phi) is 5.30. The highest BCUT2D eigenvalue weighted by Gasteiger charge is 2.21. The van der Waals surface area contributed by atoms with Gasteiger partial charge in [-0.1, -0.05) is 6.92 Å². The summed E-state index contributed by atoms with van der Waals surface area (Å²) in [6.07, 6.45) is 8.91. The standard InChI is InChI=1S/C17H26N6O/c1-3-15-18-9-13-22(15)12-7-17(24)20-16-4-8-19-23(16)14-5-10-21(2)11-6-14/h4,8-9,13-14H,3,5-7,10-12H2,1-2H3,(H,20,24). The van der Waals surface area contributed by atoms with Gasteiger partial charge in [-0.25, -0.2) is 9.67 Å². The van der Waals surface area contributed by atoms with Crippen molar-refractivity contribution in [1.29, 1.82) is 0 Å². The first-order valence-electron chi connectivity index (χ1n) is 8.69. The maximum atomic E-state index is 12.3. The van der Waals surface area contributed by atoms with Crippen molar-refractivity contribution in [3.8, 4) is 0 Å². The van der Waals surface area contributed by atoms with Crippen LogP contribution in [0.25, 0.3) is 0 Å². The van der Waals surface area contributed by atoms with Crippen molar-refractivity contribution in [1.82, 2.24) is 24.2 Å². The number of hydrogen-bond donors (Lipinski definition) is 1. The predicted molar refractivity (Wildman–Crippen MR) is 92.8 cm³/mol. The quantitative estimate of drug-likeness (QED) is 0.879. The van der Waals surface area contributed by atoms with E-state index >= 15 is 0 Å². The van der Waals surface area contributed by atoms with Crippen LogP contribution in [0.1, 0.15) is 38.1 Å². The molecule has 1 fully saturated rings. The molecule has 1 saturated heterocycles. The van der Waals surface area contributed by atoms with Crippen molar-refractivity contribution in [3.05, 3.63) is 30.5 Å². The van der Waals surface area contributed by atoms with E-state index in [1.54, 1.807) is 12.4 Å². The van der Waals surface area contributed by atoms with Crippen LogP contribution in [0.15, 0.2) is 24.7 Å². The van der Waals surface area contributed by atoms with Gasteiger partial charge in [0.05, 0.1) is 12.2 Å². The summed E-state index contributed by atoms with van der Waals surface area (Å²) in [5.74, 6) is 1.83. The number of imidazole rings is 1. The largest absolute Gasteiger partial charge is 0.334 e. The second-order valence-corrected chi connectivity index (χ2v) is 6.38. The fraction of sp³-hybridized carbons (Fsp3) is 0.588. The van der Waals surface area contributed by atoms with Gasteiger partial charge in [0.25, 0.3) is 0 Å². The van der Waals surface area contributed by atoms with Crippen LogP contribution >= 0.6 is 0 Å². The lowest BCUT2D eigenvalue weighted by molar-refractivity contribution is -0.116. The highest BCUT2D eigenvalue weighted by molar-refractivity contribution is 5.89. The molecule has 24 heavy (non-hydrogen) atoms. The van der Waals surface area contributed by atoms with Crippen LogP contribution in [0, 0.1) is 0 Å². The molecule has 1 N–H and O–H groups in total. The number of aromatic nitrogens is 4. The smallest absolute Gasteiger partial charge is 0.227 e. The Labute approximate surface area is 142 Å². The lowest BCUT2D eigenvalue weighted by Crippen LogP contribution is -2.32. The van der Waals surface area contributed by atoms with Gasteiger partial charge >= 0.3 is 0 Å². The van der Waals surface area contributed by atoms with Gasteiger partial charge < -0.3 is 14.8 Å². The van der Waals surface area contributed by atoms with Crippen LogP contribution < -0.4 is 5.32 Å². The van der Waals surface area contributed by atoms with E-state index in [4.69, 9.17) is 0 Å². The third-order valence-electron chi connectivity index (χ3n) is 4.67. The average molecular weight is 330 g/mol. The van der Waals surface area contributed by atoms with Crippen molar-refractivity contribution >= 4 is 11.7 Å². The Bertz CT molecular complexity index is 668. The molecule has 7 nitrogen and oxygen atoms in total. The first-order valence-corrected chi connectivity index (χ1v) is 8.69. The monoisotopic (exact) mass is 330 g/mol. The van der Waals surface area contributed by atoms with Gasteiger partial charge in [0.2, 0.25) is 5.91 Å². The van der Waals surface area contributed by atoms with Crippen LogP contribution in [0.3, 0.4) is 0 Å². The van der Waals surface area contributed by atoms with Crippen LogP contribution in [0.5, 0.6) is 0 Å². The second kappa shape index (κ2) is 7.61. The molecule has 3 heterocycles. The van der Waals surface area contributed by atoms with Crippen LogP contribution in [0.4, 0.5) is 5.82 Å². The molecule has 0 unspecified atom stereocenters. The third kappa shape index (κ3) is 3.84. The molecular formula is C17H26N6O. The van der Waals surface area contributed by atoms with Gasteiger partial charge in [0.1, 0.15) is 11.6 Å². The Morgan fingerprint density at radius 3 is 2.88 bits per heavy atom. The van der Waals surface area contributed by atoms with E-state index in [1.165, 1.54) is 0 Å². The van der Waals surface area contributed by atoms with E-state index < -0.39 is 0 Å². The number of nitrogens with one attached hydrogen (secondary N) is 1. The maximum Gasteiger partial charge on any atom is 0.227 e. The maximum absolute atomic E-state index is 12.3. The number of carbonyl (C=O) groups is 1. The van der Waals surface area contributed by atoms with Gasteiger partial charge in [-0.15, -0.1) is 0 Å². The first kappa shape index (κ1) is 16.7. The summed E-state index contributed by atoms with van der Waals surface area (Å²) < 4.78 is 4.01. The predicted octanol–water partition coefficient (Wildman–Crippen LogP) is 1.94. The fourth-order valence-corrected chi connectivity index (χ4v) is 3.23. The number of aryl methyl sites for hydroxylation is 2. The highest BCUT2D eigenvalue weighted by Crippen LogP contribution is 2.24. The average Bonchev–Trinajstić information content (AvgIpc) is 3.22. The molecule has 0 atom stereocenters. The van der Waals surface area contributed by atoms with E-state index in [9.17, 15) is 4.79 Å². The van der Waals surface area contributed by atoms with Gasteiger partial charge in [0.15, 0.2) is 0 Å². The number of carbonyl (C=O) groups excluding carboxylic acids is 1. The number of rotatable bonds is 6. The minimum atomic E-state index is 0.0143. The number of likely N-dealkylation sites (tertiary alicyclic amines) is 1. The van der Waals surface area contributed by atoms with Crippen LogP contribution in [-0.4, -0.2) is 50.3 Å². The Morgan fingerprint density at radius 2 is 2.12 bits per heavy atom. The van der Waals surface area contributed by atoms with Crippen molar-refractivity contribution in [3.63, 3.8) is 0 Å². The van der Waals surface area contributed by atoms with Crippen LogP contribution in [0.2, 0.25) is 0 Å². The molecule has 0 bridgehead atoms. The van der Waals surface area contributed by atoms with E-state index in [1.807, 2.05) is 21.5 Å². The summed E-state index contributed by atoms with van der Waals surface area (Å²) in [7, 11) is 2.14. The zero-order valence-electron chi connectivity index (χ0n) is 14.5. The number of amides is 1. The van der Waals surface area contributed by atoms with E-state index in [0.29, 0.717) is 19.0 Å². The molecule has 1 aliphatic heterocycles. The molecule has 130 valence electrons. The van der Waals surface area contributed by atoms with E-state index in [2.05, 4.69) is 34.3 Å². The van der Waals surface area contributed by atoms with Gasteiger partial charge in [0, 0.05) is 37.8 Å². The van der Waals surface area contributed by atoms with Crippen molar-refractivity contribution in [2.45, 2.75) is 45.2 Å². The minimum Gasteiger partial charge on any atom is -0.334 e. The minimum absolute atomic E-state index is 0.0143. The summed E-state index contributed by atoms with van der Waals surface area (Å²) in [5, 5.41) is 7.44. The molecule has 1 aliphatic rings. The molecular weight excluding hydrogens is 304 g/mol. The fourth-order valence-electron chi connectivity index (χ4n) is 3.23. The van der Waals surface area contributed by atoms with Crippen LogP contribution in [-0.2, 0) is 17.8 Å². The molecule has 0 aliphatic carbocycles. The number of hydrogen-bond acceptors (Lipinski definition) is 4. The number of nitrogens with zero attached hydrogens (tertiary/aromatic N) is 5. The van der Waals surface area contributed by atoms with E-state index in [0.717, 1.165) is 44.0 Å². The molecule has 1 amide bonds. The Hall–Kier alpha value is -2.15. The third-order valence-corrected chi connectivity index (χ3v) is 4.67. The lowest BCUT2D eigenvalue weighted by atomic mass is 10.1. The molecule has 0 spiro atoms. The molecule has 2 aromatic heterocycles. The topological polar surface area (TPSA) is 68.0 Å². The van der Waals surface area contributed by atoms with Gasteiger partial charge in [-0.05, 0) is 33.0 Å². The molecule has 0 radical (unpaired) electrons. The molecule has 7 heteroatoms. The lowest BCUT2D eigenvalue weighted by Gasteiger charge is -2.30. The summed E-state index contributed by atoms with van der Waals surface area (Å²) in [6.45, 7) is 4.85. The number of piperidine rings is 1. The molecule has 0 saturated carbocycles. The Morgan fingerprint density at radius 1 is 1.33 bits per heavy atom. The zero-order valence-corrected chi connectivity index (χ0v) is 14.5. The molecule has 2 aromatic rings. The van der Waals surface area contributed by atoms with Crippen molar-refractivity contribution in [2.24, 2.45) is 0 Å². The Balaban J connectivity index is 1.56. The molecule has 3 rings (SSSR count). The second-order valence-electron chi connectivity index (χ2n) is 6.38. The normalized spacial score (nSPS) is 16.4. The van der Waals surface area contributed by atoms with Crippen molar-refractivity contribution in [2.75, 3.05) is 25.5 Å². The van der Waals surface area contributed by atoms with Gasteiger partial charge in [-0.2, -0.15) is 5.10 Å². The molecule has 0 aromatic carbocycles. The zero-order chi connectivity index (χ0) is 16.9. The van der Waals surface area contributed by atoms with Crippen molar-refractivity contribution < 1.29 is 4.79 Å². The summed E-state index contributed by atoms with van der Waals surface area (Å²) in [6, 6.07) is 2.25. The highest BCUT2D eigenvalue weighted by atomic mass is 16.1.